The fourth-order valence-corrected chi connectivity index (χ4v) is 4.40. The molecule has 3 N–H and O–H groups in total. The van der Waals surface area contributed by atoms with Gasteiger partial charge in [-0.2, -0.15) is 0 Å². The molecule has 0 heterocycles. The Balaban J connectivity index is 2.13. The molecule has 1 saturated carbocycles. The standard InChI is InChI=1S/C17H26N2O4S/c1-12(2)23-17(20)14-8-4-3-7-13(14)11-24(21,22)19-16-10-6-5-9-15(16)18/h3-4,7-8,12,15-16,19H,5-6,9-11,18H2,1-2H3. The zero-order chi connectivity index (χ0) is 17.7. The summed E-state index contributed by atoms with van der Waals surface area (Å²) < 4.78 is 32.9. The molecule has 0 aliphatic heterocycles. The fraction of sp³-hybridized carbons (Fsp3) is 0.588. The van der Waals surface area contributed by atoms with Crippen LogP contribution in [0.5, 0.6) is 0 Å². The number of benzene rings is 1. The molecule has 0 aromatic heterocycles. The van der Waals surface area contributed by atoms with E-state index in [1.54, 1.807) is 38.1 Å². The zero-order valence-corrected chi connectivity index (χ0v) is 15.0. The van der Waals surface area contributed by atoms with Crippen molar-refractivity contribution in [2.75, 3.05) is 0 Å². The van der Waals surface area contributed by atoms with Crippen molar-refractivity contribution in [3.05, 3.63) is 35.4 Å². The van der Waals surface area contributed by atoms with Gasteiger partial charge in [0, 0.05) is 12.1 Å². The number of rotatable bonds is 6. The molecule has 7 heteroatoms. The summed E-state index contributed by atoms with van der Waals surface area (Å²) in [6, 6.07) is 6.23. The van der Waals surface area contributed by atoms with Gasteiger partial charge in [0.15, 0.2) is 0 Å². The molecule has 1 fully saturated rings. The third-order valence-electron chi connectivity index (χ3n) is 4.08. The maximum atomic E-state index is 12.5. The Hall–Kier alpha value is -1.44. The minimum absolute atomic E-state index is 0.158. The van der Waals surface area contributed by atoms with E-state index in [2.05, 4.69) is 4.72 Å². The second kappa shape index (κ2) is 8.09. The first-order valence-corrected chi connectivity index (χ1v) is 9.98. The third kappa shape index (κ3) is 5.29. The van der Waals surface area contributed by atoms with Gasteiger partial charge in [-0.25, -0.2) is 17.9 Å². The first-order chi connectivity index (χ1) is 11.3. The fourth-order valence-electron chi connectivity index (χ4n) is 2.91. The molecule has 0 saturated heterocycles. The van der Waals surface area contributed by atoms with E-state index < -0.39 is 16.0 Å². The van der Waals surface area contributed by atoms with Crippen molar-refractivity contribution >= 4 is 16.0 Å². The Labute approximate surface area is 143 Å². The number of hydrogen-bond donors (Lipinski definition) is 2. The van der Waals surface area contributed by atoms with Gasteiger partial charge >= 0.3 is 5.97 Å². The molecule has 1 aromatic rings. The molecule has 2 unspecified atom stereocenters. The van der Waals surface area contributed by atoms with Crippen molar-refractivity contribution in [1.29, 1.82) is 0 Å². The molecule has 6 nitrogen and oxygen atoms in total. The van der Waals surface area contributed by atoms with Crippen LogP contribution < -0.4 is 10.5 Å². The number of sulfonamides is 1. The summed E-state index contributed by atoms with van der Waals surface area (Å²) in [6.07, 6.45) is 3.31. The molecule has 0 spiro atoms. The normalized spacial score (nSPS) is 21.7. The van der Waals surface area contributed by atoms with Gasteiger partial charge in [0.2, 0.25) is 10.0 Å². The Bertz CT molecular complexity index is 673. The van der Waals surface area contributed by atoms with Crippen LogP contribution in [0.1, 0.15) is 55.5 Å². The van der Waals surface area contributed by atoms with E-state index in [9.17, 15) is 13.2 Å². The van der Waals surface area contributed by atoms with Gasteiger partial charge in [0.25, 0.3) is 0 Å². The monoisotopic (exact) mass is 354 g/mol. The molecule has 2 atom stereocenters. The van der Waals surface area contributed by atoms with Crippen LogP contribution in [0.3, 0.4) is 0 Å². The number of ether oxygens (including phenoxy) is 1. The highest BCUT2D eigenvalue weighted by atomic mass is 32.2. The van der Waals surface area contributed by atoms with E-state index in [1.165, 1.54) is 0 Å². The molecule has 134 valence electrons. The average molecular weight is 354 g/mol. The quantitative estimate of drug-likeness (QED) is 0.761. The largest absolute Gasteiger partial charge is 0.459 e. The summed E-state index contributed by atoms with van der Waals surface area (Å²) in [6.45, 7) is 3.51. The van der Waals surface area contributed by atoms with Crippen LogP contribution in [0.15, 0.2) is 24.3 Å². The molecule has 2 rings (SSSR count). The van der Waals surface area contributed by atoms with Crippen LogP contribution >= 0.6 is 0 Å². The highest BCUT2D eigenvalue weighted by Gasteiger charge is 2.27. The number of carbonyl (C=O) groups is 1. The molecule has 1 aliphatic carbocycles. The Morgan fingerprint density at radius 2 is 1.96 bits per heavy atom. The SMILES string of the molecule is CC(C)OC(=O)c1ccccc1CS(=O)(=O)NC1CCCCC1N. The number of nitrogens with two attached hydrogens (primary N) is 1. The third-order valence-corrected chi connectivity index (χ3v) is 5.43. The predicted octanol–water partition coefficient (Wildman–Crippen LogP) is 1.94. The number of hydrogen-bond acceptors (Lipinski definition) is 5. The van der Waals surface area contributed by atoms with Gasteiger partial charge in [0.05, 0.1) is 17.4 Å². The molecular formula is C17H26N2O4S. The van der Waals surface area contributed by atoms with Crippen LogP contribution in [0.2, 0.25) is 0 Å². The maximum Gasteiger partial charge on any atom is 0.338 e. The van der Waals surface area contributed by atoms with Crippen molar-refractivity contribution in [3.8, 4) is 0 Å². The van der Waals surface area contributed by atoms with Gasteiger partial charge in [-0.15, -0.1) is 0 Å². The summed E-state index contributed by atoms with van der Waals surface area (Å²) >= 11 is 0. The van der Waals surface area contributed by atoms with Crippen LogP contribution in [-0.4, -0.2) is 32.6 Å². The molecule has 1 aliphatic rings. The average Bonchev–Trinajstić information content (AvgIpc) is 2.49. The molecule has 24 heavy (non-hydrogen) atoms. The van der Waals surface area contributed by atoms with Crippen LogP contribution in [-0.2, 0) is 20.5 Å². The highest BCUT2D eigenvalue weighted by molar-refractivity contribution is 7.88. The van der Waals surface area contributed by atoms with E-state index in [0.29, 0.717) is 5.56 Å². The zero-order valence-electron chi connectivity index (χ0n) is 14.2. The van der Waals surface area contributed by atoms with Gasteiger partial charge in [0.1, 0.15) is 0 Å². The smallest absolute Gasteiger partial charge is 0.338 e. The second-order valence-electron chi connectivity index (χ2n) is 6.54. The first-order valence-electron chi connectivity index (χ1n) is 8.33. The highest BCUT2D eigenvalue weighted by Crippen LogP contribution is 2.19. The lowest BCUT2D eigenvalue weighted by Crippen LogP contribution is -2.49. The summed E-state index contributed by atoms with van der Waals surface area (Å²) in [5, 5.41) is 0. The Morgan fingerprint density at radius 3 is 2.62 bits per heavy atom. The minimum atomic E-state index is -3.59. The summed E-state index contributed by atoms with van der Waals surface area (Å²) in [5.41, 5.74) is 6.72. The van der Waals surface area contributed by atoms with Gasteiger partial charge < -0.3 is 10.5 Å². The van der Waals surface area contributed by atoms with Crippen LogP contribution in [0.4, 0.5) is 0 Å². The van der Waals surface area contributed by atoms with Crippen molar-refractivity contribution < 1.29 is 17.9 Å². The van der Waals surface area contributed by atoms with Crippen molar-refractivity contribution in [2.45, 2.75) is 63.5 Å². The van der Waals surface area contributed by atoms with E-state index in [4.69, 9.17) is 10.5 Å². The number of esters is 1. The minimum Gasteiger partial charge on any atom is -0.459 e. The van der Waals surface area contributed by atoms with Crippen LogP contribution in [0, 0.1) is 0 Å². The molecule has 0 amide bonds. The van der Waals surface area contributed by atoms with Gasteiger partial charge in [-0.3, -0.25) is 0 Å². The van der Waals surface area contributed by atoms with Crippen molar-refractivity contribution in [2.24, 2.45) is 5.73 Å². The van der Waals surface area contributed by atoms with Crippen molar-refractivity contribution in [1.82, 2.24) is 4.72 Å². The van der Waals surface area contributed by atoms with E-state index in [-0.39, 0.29) is 29.5 Å². The van der Waals surface area contributed by atoms with E-state index in [1.807, 2.05) is 0 Å². The van der Waals surface area contributed by atoms with Gasteiger partial charge in [-0.1, -0.05) is 31.0 Å². The lowest BCUT2D eigenvalue weighted by molar-refractivity contribution is 0.0377. The summed E-state index contributed by atoms with van der Waals surface area (Å²) in [7, 11) is -3.59. The number of carbonyl (C=O) groups excluding carboxylic acids is 1. The Morgan fingerprint density at radius 1 is 1.29 bits per heavy atom. The molecule has 1 aromatic carbocycles. The molecular weight excluding hydrogens is 328 g/mol. The second-order valence-corrected chi connectivity index (χ2v) is 8.30. The van der Waals surface area contributed by atoms with Crippen LogP contribution in [0.25, 0.3) is 0 Å². The first kappa shape index (κ1) is 18.9. The topological polar surface area (TPSA) is 98.5 Å². The summed E-state index contributed by atoms with van der Waals surface area (Å²) in [5.74, 6) is -0.773. The maximum absolute atomic E-state index is 12.5. The molecule has 0 radical (unpaired) electrons. The van der Waals surface area contributed by atoms with Crippen molar-refractivity contribution in [3.63, 3.8) is 0 Å². The lowest BCUT2D eigenvalue weighted by atomic mass is 9.92. The van der Waals surface area contributed by atoms with Gasteiger partial charge in [-0.05, 0) is 38.3 Å². The Kier molecular flexibility index (Phi) is 6.37. The number of nitrogens with one attached hydrogen (secondary N) is 1. The lowest BCUT2D eigenvalue weighted by Gasteiger charge is -2.29. The van der Waals surface area contributed by atoms with E-state index >= 15 is 0 Å². The molecule has 0 bridgehead atoms. The predicted molar refractivity (Wildman–Crippen MR) is 93.0 cm³/mol. The van der Waals surface area contributed by atoms with E-state index in [0.717, 1.165) is 25.7 Å². The summed E-state index contributed by atoms with van der Waals surface area (Å²) in [4.78, 5) is 12.1.